The predicted molar refractivity (Wildman–Crippen MR) is 72.5 cm³/mol. The highest BCUT2D eigenvalue weighted by Crippen LogP contribution is 2.28. The fourth-order valence-corrected chi connectivity index (χ4v) is 2.75. The Kier molecular flexibility index (Phi) is 5.82. The maximum Gasteiger partial charge on any atom is 0.00673 e. The molecule has 0 aliphatic heterocycles. The summed E-state index contributed by atoms with van der Waals surface area (Å²) in [5.41, 5.74) is 6.82. The van der Waals surface area contributed by atoms with Crippen LogP contribution in [0.4, 0.5) is 0 Å². The fraction of sp³-hybridized carbons (Fsp3) is 1.00. The van der Waals surface area contributed by atoms with Gasteiger partial charge in [0.1, 0.15) is 0 Å². The first kappa shape index (κ1) is 14.0. The van der Waals surface area contributed by atoms with Crippen molar-refractivity contribution in [3.05, 3.63) is 0 Å². The summed E-state index contributed by atoms with van der Waals surface area (Å²) in [6, 6.07) is 0.456. The summed E-state index contributed by atoms with van der Waals surface area (Å²) in [6.07, 6.45) is 12.4. The van der Waals surface area contributed by atoms with E-state index in [1.54, 1.807) is 0 Å². The molecule has 1 fully saturated rings. The molecule has 2 N–H and O–H groups in total. The monoisotopic (exact) mass is 225 g/mol. The van der Waals surface area contributed by atoms with Gasteiger partial charge in [-0.1, -0.05) is 52.9 Å². The Balaban J connectivity index is 2.29. The largest absolute Gasteiger partial charge is 0.327 e. The van der Waals surface area contributed by atoms with Gasteiger partial charge in [-0.05, 0) is 37.0 Å². The van der Waals surface area contributed by atoms with Crippen molar-refractivity contribution in [1.82, 2.24) is 0 Å². The molecule has 1 unspecified atom stereocenters. The van der Waals surface area contributed by atoms with Crippen LogP contribution in [0.5, 0.6) is 0 Å². The third-order valence-corrected chi connectivity index (χ3v) is 3.98. The van der Waals surface area contributed by atoms with E-state index in [2.05, 4.69) is 20.8 Å². The Morgan fingerprint density at radius 2 is 1.50 bits per heavy atom. The van der Waals surface area contributed by atoms with E-state index in [-0.39, 0.29) is 0 Å². The van der Waals surface area contributed by atoms with Crippen molar-refractivity contribution < 1.29 is 0 Å². The summed E-state index contributed by atoms with van der Waals surface area (Å²) < 4.78 is 0. The first-order valence-electron chi connectivity index (χ1n) is 7.24. The van der Waals surface area contributed by atoms with E-state index in [0.717, 1.165) is 5.92 Å². The lowest BCUT2D eigenvalue weighted by molar-refractivity contribution is 0.274. The summed E-state index contributed by atoms with van der Waals surface area (Å²) in [6.45, 7) is 6.95. The molecule has 0 radical (unpaired) electrons. The van der Waals surface area contributed by atoms with Crippen LogP contribution < -0.4 is 5.73 Å². The third kappa shape index (κ3) is 5.89. The van der Waals surface area contributed by atoms with Crippen LogP contribution in [0.1, 0.15) is 78.6 Å². The van der Waals surface area contributed by atoms with Crippen LogP contribution >= 0.6 is 0 Å². The summed E-state index contributed by atoms with van der Waals surface area (Å²) in [4.78, 5) is 0. The van der Waals surface area contributed by atoms with Crippen LogP contribution in [0.3, 0.4) is 0 Å². The van der Waals surface area contributed by atoms with Gasteiger partial charge in [-0.15, -0.1) is 0 Å². The van der Waals surface area contributed by atoms with Gasteiger partial charge in [-0.25, -0.2) is 0 Å². The zero-order chi connectivity index (χ0) is 12.0. The van der Waals surface area contributed by atoms with E-state index < -0.39 is 0 Å². The van der Waals surface area contributed by atoms with Crippen LogP contribution in [0.2, 0.25) is 0 Å². The number of rotatable bonds is 3. The van der Waals surface area contributed by atoms with Gasteiger partial charge in [0.05, 0.1) is 0 Å². The van der Waals surface area contributed by atoms with E-state index in [4.69, 9.17) is 5.73 Å². The Morgan fingerprint density at radius 1 is 1.00 bits per heavy atom. The zero-order valence-electron chi connectivity index (χ0n) is 11.6. The van der Waals surface area contributed by atoms with Gasteiger partial charge in [0.2, 0.25) is 0 Å². The molecule has 16 heavy (non-hydrogen) atoms. The van der Waals surface area contributed by atoms with E-state index >= 15 is 0 Å². The molecule has 96 valence electrons. The molecule has 1 rings (SSSR count). The van der Waals surface area contributed by atoms with Crippen LogP contribution in [-0.4, -0.2) is 6.04 Å². The highest BCUT2D eigenvalue weighted by atomic mass is 14.6. The lowest BCUT2D eigenvalue weighted by Crippen LogP contribution is -2.31. The van der Waals surface area contributed by atoms with Crippen LogP contribution in [0, 0.1) is 11.3 Å². The smallest absolute Gasteiger partial charge is 0.00673 e. The first-order chi connectivity index (χ1) is 7.49. The second-order valence-electron chi connectivity index (χ2n) is 6.87. The van der Waals surface area contributed by atoms with Crippen LogP contribution in [-0.2, 0) is 0 Å². The molecule has 0 aromatic rings. The molecule has 0 bridgehead atoms. The van der Waals surface area contributed by atoms with E-state index in [1.165, 1.54) is 57.8 Å². The Bertz CT molecular complexity index is 172. The summed E-state index contributed by atoms with van der Waals surface area (Å²) in [5, 5.41) is 0. The van der Waals surface area contributed by atoms with Gasteiger partial charge < -0.3 is 5.73 Å². The second kappa shape index (κ2) is 6.64. The molecule has 1 aliphatic carbocycles. The molecule has 0 heterocycles. The van der Waals surface area contributed by atoms with Gasteiger partial charge >= 0.3 is 0 Å². The molecule has 0 spiro atoms. The molecule has 0 aromatic carbocycles. The standard InChI is InChI=1S/C15H31N/c1-15(2,3)12-11-14(16)13-9-7-5-4-6-8-10-13/h13-14H,4-12,16H2,1-3H3. The first-order valence-corrected chi connectivity index (χ1v) is 7.24. The highest BCUT2D eigenvalue weighted by Gasteiger charge is 2.20. The van der Waals surface area contributed by atoms with Gasteiger partial charge in [0.15, 0.2) is 0 Å². The summed E-state index contributed by atoms with van der Waals surface area (Å²) >= 11 is 0. The minimum atomic E-state index is 0.444. The number of hydrogen-bond donors (Lipinski definition) is 1. The Labute approximate surface area is 102 Å². The van der Waals surface area contributed by atoms with Crippen molar-refractivity contribution >= 4 is 0 Å². The molecule has 1 saturated carbocycles. The zero-order valence-corrected chi connectivity index (χ0v) is 11.6. The molecule has 1 heteroatoms. The SMILES string of the molecule is CC(C)(C)CCC(N)C1CCCCCCC1. The van der Waals surface area contributed by atoms with Gasteiger partial charge in [-0.2, -0.15) is 0 Å². The van der Waals surface area contributed by atoms with Crippen molar-refractivity contribution in [2.45, 2.75) is 84.6 Å². The Hall–Kier alpha value is -0.0400. The average molecular weight is 225 g/mol. The molecular formula is C15H31N. The average Bonchev–Trinajstić information content (AvgIpc) is 2.12. The van der Waals surface area contributed by atoms with Crippen molar-refractivity contribution in [2.24, 2.45) is 17.1 Å². The molecule has 0 saturated heterocycles. The maximum atomic E-state index is 6.38. The van der Waals surface area contributed by atoms with Crippen LogP contribution in [0.15, 0.2) is 0 Å². The summed E-state index contributed by atoms with van der Waals surface area (Å²) in [7, 11) is 0. The van der Waals surface area contributed by atoms with E-state index in [1.807, 2.05) is 0 Å². The van der Waals surface area contributed by atoms with Gasteiger partial charge in [0.25, 0.3) is 0 Å². The Morgan fingerprint density at radius 3 is 2.00 bits per heavy atom. The fourth-order valence-electron chi connectivity index (χ4n) is 2.75. The van der Waals surface area contributed by atoms with Crippen molar-refractivity contribution in [3.8, 4) is 0 Å². The van der Waals surface area contributed by atoms with Gasteiger partial charge in [0, 0.05) is 6.04 Å². The van der Waals surface area contributed by atoms with Gasteiger partial charge in [-0.3, -0.25) is 0 Å². The minimum absolute atomic E-state index is 0.444. The quantitative estimate of drug-likeness (QED) is 0.752. The van der Waals surface area contributed by atoms with Crippen LogP contribution in [0.25, 0.3) is 0 Å². The maximum absolute atomic E-state index is 6.38. The number of nitrogens with two attached hydrogens (primary N) is 1. The second-order valence-corrected chi connectivity index (χ2v) is 6.87. The molecule has 0 aromatic heterocycles. The molecule has 1 aliphatic rings. The van der Waals surface area contributed by atoms with Crippen molar-refractivity contribution in [3.63, 3.8) is 0 Å². The van der Waals surface area contributed by atoms with Crippen molar-refractivity contribution in [1.29, 1.82) is 0 Å². The molecule has 0 amide bonds. The van der Waals surface area contributed by atoms with Crippen molar-refractivity contribution in [2.75, 3.05) is 0 Å². The van der Waals surface area contributed by atoms with E-state index in [9.17, 15) is 0 Å². The lowest BCUT2D eigenvalue weighted by Gasteiger charge is -2.28. The lowest BCUT2D eigenvalue weighted by atomic mass is 9.81. The predicted octanol–water partition coefficient (Wildman–Crippen LogP) is 4.50. The summed E-state index contributed by atoms with van der Waals surface area (Å²) in [5.74, 6) is 0.808. The third-order valence-electron chi connectivity index (χ3n) is 3.98. The molecular weight excluding hydrogens is 194 g/mol. The van der Waals surface area contributed by atoms with E-state index in [0.29, 0.717) is 11.5 Å². The highest BCUT2D eigenvalue weighted by molar-refractivity contribution is 4.77. The topological polar surface area (TPSA) is 26.0 Å². The molecule has 1 atom stereocenters. The normalized spacial score (nSPS) is 22.5. The number of hydrogen-bond acceptors (Lipinski definition) is 1. The minimum Gasteiger partial charge on any atom is -0.327 e. The molecule has 1 nitrogen and oxygen atoms in total.